The first-order chi connectivity index (χ1) is 17.7. The Labute approximate surface area is 205 Å². The molecule has 1 fully saturated rings. The number of aromatic nitrogens is 5. The van der Waals surface area contributed by atoms with Gasteiger partial charge in [-0.15, -0.1) is 0 Å². The van der Waals surface area contributed by atoms with Gasteiger partial charge in [0.05, 0.1) is 22.1 Å². The first kappa shape index (κ1) is 20.9. The van der Waals surface area contributed by atoms with Gasteiger partial charge in [0.2, 0.25) is 0 Å². The number of halogens is 1. The molecule has 36 heavy (non-hydrogen) atoms. The van der Waals surface area contributed by atoms with Crippen LogP contribution in [0.1, 0.15) is 12.8 Å². The van der Waals surface area contributed by atoms with Gasteiger partial charge in [0.25, 0.3) is 0 Å². The molecule has 0 saturated carbocycles. The van der Waals surface area contributed by atoms with Crippen LogP contribution in [0, 0.1) is 0 Å². The van der Waals surface area contributed by atoms with E-state index in [-0.39, 0.29) is 0 Å². The topological polar surface area (TPSA) is 82.7 Å². The number of H-pyrrole nitrogens is 2. The van der Waals surface area contributed by atoms with Crippen LogP contribution in [0.15, 0.2) is 72.9 Å². The molecule has 1 atom stereocenters. The lowest BCUT2D eigenvalue weighted by Gasteiger charge is -2.30. The largest absolute Gasteiger partial charge is 0.457 e. The Bertz CT molecular complexity index is 1720. The molecule has 0 amide bonds. The standard InChI is InChI=1S/C28H23FN6O/c29-18-4-2-12-35(16-18)19-6-9-24-26(13-19)32-28(31-24)27-22-14-20(8-10-23(22)33-34-27)36-21-7-5-17-3-1-11-30-25(17)15-21/h1,3,5-11,13-15,18H,2,4,12,16H2,(H,31,32)(H,33,34). The lowest BCUT2D eigenvalue weighted by atomic mass is 10.1. The minimum atomic E-state index is -0.774. The summed E-state index contributed by atoms with van der Waals surface area (Å²) in [6, 6.07) is 21.7. The number of imidazole rings is 1. The lowest BCUT2D eigenvalue weighted by molar-refractivity contribution is 0.287. The summed E-state index contributed by atoms with van der Waals surface area (Å²) in [6.45, 7) is 1.31. The number of pyridine rings is 1. The van der Waals surface area contributed by atoms with Gasteiger partial charge < -0.3 is 14.6 Å². The van der Waals surface area contributed by atoms with Crippen LogP contribution in [0.5, 0.6) is 11.5 Å². The van der Waals surface area contributed by atoms with E-state index in [1.165, 1.54) is 0 Å². The van der Waals surface area contributed by atoms with Crippen LogP contribution >= 0.6 is 0 Å². The zero-order valence-electron chi connectivity index (χ0n) is 19.4. The third-order valence-corrected chi connectivity index (χ3v) is 6.77. The highest BCUT2D eigenvalue weighted by molar-refractivity contribution is 5.94. The zero-order valence-corrected chi connectivity index (χ0v) is 19.4. The monoisotopic (exact) mass is 478 g/mol. The number of fused-ring (bicyclic) bond motifs is 3. The van der Waals surface area contributed by atoms with Gasteiger partial charge in [-0.1, -0.05) is 6.07 Å². The smallest absolute Gasteiger partial charge is 0.159 e. The van der Waals surface area contributed by atoms with E-state index in [0.29, 0.717) is 24.5 Å². The van der Waals surface area contributed by atoms with Crippen molar-refractivity contribution in [1.29, 1.82) is 0 Å². The van der Waals surface area contributed by atoms with Crippen molar-refractivity contribution in [2.75, 3.05) is 18.0 Å². The average molecular weight is 479 g/mol. The van der Waals surface area contributed by atoms with Crippen molar-refractivity contribution in [3.8, 4) is 23.0 Å². The Kier molecular flexibility index (Phi) is 4.83. The Balaban J connectivity index is 1.21. The Morgan fingerprint density at radius 2 is 1.86 bits per heavy atom. The van der Waals surface area contributed by atoms with Crippen LogP contribution in [0.4, 0.5) is 10.1 Å². The lowest BCUT2D eigenvalue weighted by Crippen LogP contribution is -2.36. The third kappa shape index (κ3) is 3.71. The van der Waals surface area contributed by atoms with Crippen LogP contribution in [0.2, 0.25) is 0 Å². The second-order valence-electron chi connectivity index (χ2n) is 9.21. The van der Waals surface area contributed by atoms with Crippen molar-refractivity contribution in [3.63, 3.8) is 0 Å². The highest BCUT2D eigenvalue weighted by Crippen LogP contribution is 2.33. The molecular formula is C28H23FN6O. The fourth-order valence-electron chi connectivity index (χ4n) is 4.95. The SMILES string of the molecule is FC1CCCN(c2ccc3nc(-c4n[nH]c5ccc(Oc6ccc7cccnc7c6)cc45)[nH]c3c2)C1. The molecule has 1 unspecified atom stereocenters. The second kappa shape index (κ2) is 8.34. The number of anilines is 1. The quantitative estimate of drug-likeness (QED) is 0.307. The number of alkyl halides is 1. The number of nitrogens with zero attached hydrogens (tertiary/aromatic N) is 4. The molecular weight excluding hydrogens is 455 g/mol. The molecule has 2 N–H and O–H groups in total. The van der Waals surface area contributed by atoms with Gasteiger partial charge in [-0.3, -0.25) is 10.1 Å². The maximum atomic E-state index is 13.9. The molecule has 6 aromatic rings. The molecule has 1 aliphatic heterocycles. The number of hydrogen-bond donors (Lipinski definition) is 2. The van der Waals surface area contributed by atoms with Crippen molar-refractivity contribution in [2.45, 2.75) is 19.0 Å². The van der Waals surface area contributed by atoms with Crippen LogP contribution in [-0.4, -0.2) is 44.4 Å². The Morgan fingerprint density at radius 1 is 0.944 bits per heavy atom. The molecule has 0 spiro atoms. The van der Waals surface area contributed by atoms with Gasteiger partial charge in [-0.2, -0.15) is 5.10 Å². The summed E-state index contributed by atoms with van der Waals surface area (Å²) in [5, 5.41) is 9.59. The van der Waals surface area contributed by atoms with E-state index in [4.69, 9.17) is 9.72 Å². The summed E-state index contributed by atoms with van der Waals surface area (Å²) in [5.41, 5.74) is 5.24. The van der Waals surface area contributed by atoms with E-state index >= 15 is 0 Å². The van der Waals surface area contributed by atoms with E-state index in [1.54, 1.807) is 6.20 Å². The molecule has 178 valence electrons. The molecule has 3 aromatic carbocycles. The predicted molar refractivity (Wildman–Crippen MR) is 139 cm³/mol. The van der Waals surface area contributed by atoms with Crippen molar-refractivity contribution in [2.24, 2.45) is 0 Å². The van der Waals surface area contributed by atoms with Crippen LogP contribution in [0.3, 0.4) is 0 Å². The van der Waals surface area contributed by atoms with Gasteiger partial charge in [-0.05, 0) is 67.4 Å². The number of rotatable bonds is 4. The Morgan fingerprint density at radius 3 is 2.81 bits per heavy atom. The van der Waals surface area contributed by atoms with Gasteiger partial charge >= 0.3 is 0 Å². The van der Waals surface area contributed by atoms with Crippen molar-refractivity contribution in [1.82, 2.24) is 25.1 Å². The van der Waals surface area contributed by atoms with Gasteiger partial charge in [0.1, 0.15) is 23.4 Å². The van der Waals surface area contributed by atoms with Gasteiger partial charge in [0, 0.05) is 41.8 Å². The molecule has 0 aliphatic carbocycles. The fourth-order valence-corrected chi connectivity index (χ4v) is 4.95. The van der Waals surface area contributed by atoms with Crippen molar-refractivity contribution in [3.05, 3.63) is 72.9 Å². The number of aromatic amines is 2. The summed E-state index contributed by atoms with van der Waals surface area (Å²) in [7, 11) is 0. The molecule has 0 bridgehead atoms. The van der Waals surface area contributed by atoms with Gasteiger partial charge in [0.15, 0.2) is 5.82 Å². The normalized spacial score (nSPS) is 16.2. The maximum absolute atomic E-state index is 13.9. The molecule has 4 heterocycles. The highest BCUT2D eigenvalue weighted by Gasteiger charge is 2.20. The summed E-state index contributed by atoms with van der Waals surface area (Å²) >= 11 is 0. The summed E-state index contributed by atoms with van der Waals surface area (Å²) in [4.78, 5) is 14.7. The van der Waals surface area contributed by atoms with E-state index < -0.39 is 6.17 Å². The average Bonchev–Trinajstić information content (AvgIpc) is 3.52. The fraction of sp³-hybridized carbons (Fsp3) is 0.179. The minimum absolute atomic E-state index is 0.437. The van der Waals surface area contributed by atoms with Crippen LogP contribution in [-0.2, 0) is 0 Å². The number of benzene rings is 3. The van der Waals surface area contributed by atoms with Gasteiger partial charge in [-0.25, -0.2) is 9.37 Å². The first-order valence-corrected chi connectivity index (χ1v) is 12.1. The molecule has 1 saturated heterocycles. The molecule has 0 radical (unpaired) electrons. The van der Waals surface area contributed by atoms with E-state index in [2.05, 4.69) is 25.1 Å². The molecule has 7 nitrogen and oxygen atoms in total. The van der Waals surface area contributed by atoms with E-state index in [0.717, 1.165) is 62.9 Å². The number of piperidine rings is 1. The van der Waals surface area contributed by atoms with E-state index in [1.807, 2.05) is 66.7 Å². The highest BCUT2D eigenvalue weighted by atomic mass is 19.1. The number of ether oxygens (including phenoxy) is 1. The molecule has 8 heteroatoms. The first-order valence-electron chi connectivity index (χ1n) is 12.1. The van der Waals surface area contributed by atoms with E-state index in [9.17, 15) is 4.39 Å². The number of nitrogens with one attached hydrogen (secondary N) is 2. The third-order valence-electron chi connectivity index (χ3n) is 6.77. The second-order valence-corrected chi connectivity index (χ2v) is 9.21. The molecule has 7 rings (SSSR count). The maximum Gasteiger partial charge on any atom is 0.159 e. The molecule has 1 aliphatic rings. The van der Waals surface area contributed by atoms with Crippen LogP contribution in [0.25, 0.3) is 44.4 Å². The number of hydrogen-bond acceptors (Lipinski definition) is 5. The van der Waals surface area contributed by atoms with Crippen LogP contribution < -0.4 is 9.64 Å². The predicted octanol–water partition coefficient (Wildman–Crippen LogP) is 6.39. The minimum Gasteiger partial charge on any atom is -0.457 e. The molecule has 3 aromatic heterocycles. The van der Waals surface area contributed by atoms with Crippen molar-refractivity contribution >= 4 is 38.5 Å². The summed E-state index contributed by atoms with van der Waals surface area (Å²) in [6.07, 6.45) is 2.51. The summed E-state index contributed by atoms with van der Waals surface area (Å²) in [5.74, 6) is 2.09. The Hall–Kier alpha value is -4.46. The zero-order chi connectivity index (χ0) is 24.1. The summed E-state index contributed by atoms with van der Waals surface area (Å²) < 4.78 is 20.1. The van der Waals surface area contributed by atoms with Crippen molar-refractivity contribution < 1.29 is 9.13 Å².